The number of hydrogen-bond donors (Lipinski definition) is 9. The molecule has 0 aromatic heterocycles. The van der Waals surface area contributed by atoms with Crippen LogP contribution in [-0.4, -0.2) is 72.2 Å². The minimum absolute atomic E-state index is 0.00554. The molecule has 0 aliphatic rings. The molecule has 298 valence electrons. The van der Waals surface area contributed by atoms with Crippen LogP contribution in [0.1, 0.15) is 22.3 Å². The quantitative estimate of drug-likeness (QED) is 0.0582. The van der Waals surface area contributed by atoms with Crippen molar-refractivity contribution in [2.75, 3.05) is 0 Å². The zero-order valence-corrected chi connectivity index (χ0v) is 32.8. The van der Waals surface area contributed by atoms with Crippen LogP contribution in [0.15, 0.2) is 121 Å². The number of carboxylic acid groups (broad SMARTS) is 4. The van der Waals surface area contributed by atoms with Gasteiger partial charge in [0.25, 0.3) is 0 Å². The van der Waals surface area contributed by atoms with Gasteiger partial charge in [-0.3, -0.25) is 29.0 Å². The minimum atomic E-state index is -4.56. The fourth-order valence-corrected chi connectivity index (χ4v) is 5.45. The van der Waals surface area contributed by atoms with Crippen molar-refractivity contribution in [1.29, 1.82) is 0 Å². The number of benzene rings is 5. The van der Waals surface area contributed by atoms with E-state index in [0.29, 0.717) is 18.4 Å². The van der Waals surface area contributed by atoms with E-state index in [9.17, 15) is 23.7 Å². The summed E-state index contributed by atoms with van der Waals surface area (Å²) < 4.78 is 16.0. The molecule has 5 rings (SSSR count). The Morgan fingerprint density at radius 3 is 1.43 bits per heavy atom. The van der Waals surface area contributed by atoms with Crippen LogP contribution in [0.3, 0.4) is 0 Å². The van der Waals surface area contributed by atoms with E-state index in [1.165, 1.54) is 24.3 Å². The first-order chi connectivity index (χ1) is 26.3. The van der Waals surface area contributed by atoms with Gasteiger partial charge in [0.2, 0.25) is 0 Å². The number of carbonyl (C=O) groups is 4. The number of hydrogen-bond acceptors (Lipinski definition) is 9. The summed E-state index contributed by atoms with van der Waals surface area (Å²) in [7, 11) is -4.56. The second kappa shape index (κ2) is 23.7. The van der Waals surface area contributed by atoms with Gasteiger partial charge >= 0.3 is 31.7 Å². The average molecular weight is 904 g/mol. The lowest BCUT2D eigenvalue weighted by molar-refractivity contribution is -0.139. The fraction of sp³-hybridized carbons (Fsp3) is 0.179. The molecule has 56 heavy (non-hydrogen) atoms. The van der Waals surface area contributed by atoms with E-state index in [0.717, 1.165) is 31.0 Å². The Balaban J connectivity index is 0.000000260. The van der Waals surface area contributed by atoms with E-state index in [4.69, 9.17) is 47.4 Å². The van der Waals surface area contributed by atoms with Crippen molar-refractivity contribution >= 4 is 65.1 Å². The summed E-state index contributed by atoms with van der Waals surface area (Å²) in [4.78, 5) is 59.0. The summed E-state index contributed by atoms with van der Waals surface area (Å²) in [5, 5.41) is 36.5. The molecule has 0 heterocycles. The third-order valence-electron chi connectivity index (χ3n) is 7.44. The lowest BCUT2D eigenvalue weighted by Crippen LogP contribution is -2.32. The van der Waals surface area contributed by atoms with Gasteiger partial charge in [0.1, 0.15) is 23.9 Å². The smallest absolute Gasteiger partial charge is 0.481 e. The second-order valence-corrected chi connectivity index (χ2v) is 14.4. The number of carboxylic acids is 4. The lowest BCUT2D eigenvalue weighted by atomic mass is 10.0. The predicted octanol–water partition coefficient (Wildman–Crippen LogP) is 4.47. The van der Waals surface area contributed by atoms with Crippen LogP contribution in [0.25, 0.3) is 10.8 Å². The van der Waals surface area contributed by atoms with Gasteiger partial charge in [0.15, 0.2) is 0 Å². The molecule has 17 heteroatoms. The summed E-state index contributed by atoms with van der Waals surface area (Å²) in [6.07, 6.45) is 0.981. The highest BCUT2D eigenvalue weighted by molar-refractivity contribution is 14.1. The Hall–Kier alpha value is -5.20. The van der Waals surface area contributed by atoms with Crippen molar-refractivity contribution in [3.63, 3.8) is 0 Å². The monoisotopic (exact) mass is 903 g/mol. The number of phosphoric ester groups is 1. The second-order valence-electron chi connectivity index (χ2n) is 12.0. The van der Waals surface area contributed by atoms with Crippen molar-refractivity contribution in [2.24, 2.45) is 17.2 Å². The van der Waals surface area contributed by atoms with Gasteiger partial charge in [0.05, 0.1) is 6.42 Å². The first-order valence-electron chi connectivity index (χ1n) is 16.6. The number of phosphoric acid groups is 1. The maximum absolute atomic E-state index is 10.6. The Morgan fingerprint density at radius 2 is 0.982 bits per heavy atom. The molecule has 3 atom stereocenters. The van der Waals surface area contributed by atoms with Crippen LogP contribution >= 0.6 is 30.4 Å². The van der Waals surface area contributed by atoms with Crippen molar-refractivity contribution in [2.45, 2.75) is 43.8 Å². The van der Waals surface area contributed by atoms with Crippen molar-refractivity contribution in [3.05, 3.63) is 147 Å². The van der Waals surface area contributed by atoms with Gasteiger partial charge in [0, 0.05) is 3.57 Å². The first kappa shape index (κ1) is 47.0. The van der Waals surface area contributed by atoms with Crippen molar-refractivity contribution in [3.8, 4) is 5.75 Å². The van der Waals surface area contributed by atoms with Crippen LogP contribution in [0.5, 0.6) is 5.75 Å². The van der Waals surface area contributed by atoms with E-state index >= 15 is 0 Å². The van der Waals surface area contributed by atoms with Gasteiger partial charge < -0.3 is 42.2 Å². The molecular weight excluding hydrogens is 860 g/mol. The fourth-order valence-electron chi connectivity index (χ4n) is 4.69. The van der Waals surface area contributed by atoms with Crippen molar-refractivity contribution in [1.82, 2.24) is 0 Å². The first-order valence-corrected chi connectivity index (χ1v) is 19.2. The SMILES string of the molecule is NC(Cc1ccc(I)cc1)C(=O)O.NC(Cc1ccc(OP(=O)(O)O)cc1)C(=O)O.NC(Cc1ccccc1)C(=O)O.O=C(O)Cc1cccc2ccccc12. The van der Waals surface area contributed by atoms with E-state index in [1.54, 1.807) is 0 Å². The Bertz CT molecular complexity index is 2060. The molecule has 12 N–H and O–H groups in total. The molecule has 0 radical (unpaired) electrons. The molecule has 0 saturated carbocycles. The largest absolute Gasteiger partial charge is 0.524 e. The van der Waals surface area contributed by atoms with Crippen LogP contribution in [0.4, 0.5) is 0 Å². The molecule has 0 spiro atoms. The molecule has 0 fully saturated rings. The van der Waals surface area contributed by atoms with E-state index in [-0.39, 0.29) is 18.6 Å². The third-order valence-corrected chi connectivity index (χ3v) is 8.61. The van der Waals surface area contributed by atoms with Crippen LogP contribution in [0.2, 0.25) is 0 Å². The molecule has 5 aromatic rings. The molecule has 0 saturated heterocycles. The molecule has 15 nitrogen and oxygen atoms in total. The Kier molecular flexibility index (Phi) is 19.8. The molecule has 0 amide bonds. The Labute approximate surface area is 336 Å². The standard InChI is InChI=1S/C12H10O2.C9H10INO2.C9H12NO6P.C9H11NO2/c13-12(14)8-10-6-3-5-9-4-1-2-7-11(9)10;10-7-3-1-6(2-4-7)5-8(11)9(12)13;10-8(9(11)12)5-6-1-3-7(4-2-6)16-17(13,14)15;10-8(9(11)12)6-7-4-2-1-3-5-7/h1-7H,8H2,(H,13,14);1-4,8H,5,11H2,(H,12,13);1-4,8H,5,10H2,(H,11,12)(H2,13,14,15);1-5,8H,6,10H2,(H,11,12). The third kappa shape index (κ3) is 18.9. The molecule has 0 aliphatic heterocycles. The maximum Gasteiger partial charge on any atom is 0.524 e. The molecule has 5 aromatic carbocycles. The lowest BCUT2D eigenvalue weighted by Gasteiger charge is -2.09. The average Bonchev–Trinajstić information content (AvgIpc) is 3.14. The summed E-state index contributed by atoms with van der Waals surface area (Å²) >= 11 is 2.20. The zero-order chi connectivity index (χ0) is 41.8. The van der Waals surface area contributed by atoms with Gasteiger partial charge in [-0.25, -0.2) is 4.57 Å². The highest BCUT2D eigenvalue weighted by atomic mass is 127. The highest BCUT2D eigenvalue weighted by Gasteiger charge is 2.17. The molecule has 0 bridgehead atoms. The van der Waals surface area contributed by atoms with E-state index in [1.807, 2.05) is 97.1 Å². The summed E-state index contributed by atoms with van der Waals surface area (Å²) in [6, 6.07) is 33.6. The number of fused-ring (bicyclic) bond motifs is 1. The number of nitrogens with two attached hydrogens (primary N) is 3. The van der Waals surface area contributed by atoms with Gasteiger partial charge in [-0.05, 0) is 99.1 Å². The number of aliphatic carboxylic acids is 4. The van der Waals surface area contributed by atoms with Crippen LogP contribution in [-0.2, 0) is 49.4 Å². The maximum atomic E-state index is 10.6. The summed E-state index contributed by atoms with van der Waals surface area (Å²) in [5.74, 6) is -3.81. The molecule has 3 unspecified atom stereocenters. The summed E-state index contributed by atoms with van der Waals surface area (Å²) in [6.45, 7) is 0. The Morgan fingerprint density at radius 1 is 0.571 bits per heavy atom. The van der Waals surface area contributed by atoms with E-state index < -0.39 is 49.8 Å². The van der Waals surface area contributed by atoms with Crippen molar-refractivity contribution < 1.29 is 58.5 Å². The highest BCUT2D eigenvalue weighted by Crippen LogP contribution is 2.37. The summed E-state index contributed by atoms with van der Waals surface area (Å²) in [5.41, 5.74) is 19.5. The van der Waals surface area contributed by atoms with Crippen LogP contribution in [0, 0.1) is 3.57 Å². The predicted molar refractivity (Wildman–Crippen MR) is 218 cm³/mol. The number of halogens is 1. The normalized spacial score (nSPS) is 12.1. The molecule has 0 aliphatic carbocycles. The van der Waals surface area contributed by atoms with Crippen LogP contribution < -0.4 is 21.7 Å². The van der Waals surface area contributed by atoms with Gasteiger partial charge in [-0.2, -0.15) is 0 Å². The number of rotatable bonds is 13. The van der Waals surface area contributed by atoms with Gasteiger partial charge in [-0.1, -0.05) is 97.1 Å². The van der Waals surface area contributed by atoms with E-state index in [2.05, 4.69) is 27.1 Å². The minimum Gasteiger partial charge on any atom is -0.481 e. The molecular formula is C39H43IN3O12P. The topological polar surface area (TPSA) is 294 Å². The zero-order valence-electron chi connectivity index (χ0n) is 29.8. The van der Waals surface area contributed by atoms with Gasteiger partial charge in [-0.15, -0.1) is 0 Å².